The Labute approximate surface area is 143 Å². The lowest BCUT2D eigenvalue weighted by Crippen LogP contribution is -1.91. The molecule has 0 spiro atoms. The van der Waals surface area contributed by atoms with Gasteiger partial charge in [-0.05, 0) is 58.3 Å². The average Bonchev–Trinajstić information content (AvgIpc) is 2.57. The molecule has 0 amide bonds. The van der Waals surface area contributed by atoms with E-state index in [0.29, 0.717) is 21.9 Å². The maximum Gasteiger partial charge on any atom is 0.123 e. The van der Waals surface area contributed by atoms with Crippen LogP contribution in [0.3, 0.4) is 0 Å². The van der Waals surface area contributed by atoms with E-state index in [0.717, 1.165) is 10.8 Å². The largest absolute Gasteiger partial charge is 0.508 e. The van der Waals surface area contributed by atoms with Gasteiger partial charge in [-0.1, -0.05) is 24.3 Å². The molecule has 0 aliphatic heterocycles. The average molecular weight is 332 g/mol. The smallest absolute Gasteiger partial charge is 0.123 e. The third-order valence-corrected chi connectivity index (χ3v) is 4.49. The van der Waals surface area contributed by atoms with E-state index in [-0.39, 0.29) is 29.4 Å². The van der Waals surface area contributed by atoms with Crippen LogP contribution in [0.15, 0.2) is 60.7 Å². The van der Waals surface area contributed by atoms with Crippen LogP contribution in [0.5, 0.6) is 23.0 Å². The normalized spacial score (nSPS) is 11.2. The molecule has 0 saturated heterocycles. The number of aromatic hydroxyl groups is 4. The molecule has 4 heteroatoms. The van der Waals surface area contributed by atoms with Gasteiger partial charge in [-0.25, -0.2) is 0 Å². The number of benzene rings is 4. The van der Waals surface area contributed by atoms with E-state index in [2.05, 4.69) is 0 Å². The van der Waals surface area contributed by atoms with Gasteiger partial charge in [-0.3, -0.25) is 0 Å². The highest BCUT2D eigenvalue weighted by atomic mass is 16.3. The minimum atomic E-state index is 0.0925. The molecule has 4 aromatic rings. The summed E-state index contributed by atoms with van der Waals surface area (Å²) in [5.41, 5.74) is 1.16. The van der Waals surface area contributed by atoms with Crippen molar-refractivity contribution in [3.8, 4) is 23.0 Å². The first-order valence-corrected chi connectivity index (χ1v) is 7.90. The Balaban J connectivity index is 1.85. The molecule has 25 heavy (non-hydrogen) atoms. The Morgan fingerprint density at radius 3 is 1.40 bits per heavy atom. The van der Waals surface area contributed by atoms with Crippen molar-refractivity contribution in [3.63, 3.8) is 0 Å². The second-order valence-electron chi connectivity index (χ2n) is 6.14. The molecule has 0 aromatic heterocycles. The van der Waals surface area contributed by atoms with E-state index in [1.807, 2.05) is 12.1 Å². The molecule has 0 heterocycles. The van der Waals surface area contributed by atoms with E-state index >= 15 is 0 Å². The van der Waals surface area contributed by atoms with Gasteiger partial charge in [0.05, 0.1) is 0 Å². The van der Waals surface area contributed by atoms with Crippen molar-refractivity contribution in [2.75, 3.05) is 0 Å². The Hall–Kier alpha value is -3.40. The second-order valence-corrected chi connectivity index (χ2v) is 6.14. The molecule has 124 valence electrons. The van der Waals surface area contributed by atoms with Crippen LogP contribution in [0.1, 0.15) is 11.1 Å². The molecular weight excluding hydrogens is 316 g/mol. The van der Waals surface area contributed by atoms with Crippen LogP contribution in [0.4, 0.5) is 0 Å². The predicted octanol–water partition coefficient (Wildman–Crippen LogP) is 4.41. The Kier molecular flexibility index (Phi) is 3.39. The zero-order valence-corrected chi connectivity index (χ0v) is 13.3. The van der Waals surface area contributed by atoms with Crippen molar-refractivity contribution in [3.05, 3.63) is 71.8 Å². The summed E-state index contributed by atoms with van der Waals surface area (Å²) in [5, 5.41) is 43.4. The lowest BCUT2D eigenvalue weighted by atomic mass is 9.97. The van der Waals surface area contributed by atoms with E-state index in [1.54, 1.807) is 48.5 Å². The van der Waals surface area contributed by atoms with Gasteiger partial charge in [0.25, 0.3) is 0 Å². The predicted molar refractivity (Wildman–Crippen MR) is 97.4 cm³/mol. The molecule has 0 aliphatic carbocycles. The molecule has 0 unspecified atom stereocenters. The first-order chi connectivity index (χ1) is 12.0. The van der Waals surface area contributed by atoms with Gasteiger partial charge in [0.1, 0.15) is 23.0 Å². The zero-order chi connectivity index (χ0) is 17.6. The van der Waals surface area contributed by atoms with Gasteiger partial charge < -0.3 is 20.4 Å². The number of phenolic OH excluding ortho intramolecular Hbond substituents is 4. The molecule has 0 atom stereocenters. The van der Waals surface area contributed by atoms with Crippen molar-refractivity contribution >= 4 is 21.5 Å². The zero-order valence-electron chi connectivity index (χ0n) is 13.3. The number of fused-ring (bicyclic) bond motifs is 2. The minimum absolute atomic E-state index is 0.0925. The fourth-order valence-corrected chi connectivity index (χ4v) is 3.17. The van der Waals surface area contributed by atoms with Crippen LogP contribution < -0.4 is 0 Å². The van der Waals surface area contributed by atoms with Gasteiger partial charge in [0.15, 0.2) is 0 Å². The fraction of sp³-hybridized carbons (Fsp3) is 0.0476. The number of hydrogen-bond donors (Lipinski definition) is 4. The molecule has 4 aromatic carbocycles. The SMILES string of the molecule is Oc1cc2cccc(O)c2cc1Cc1cc2c(O)cccc2cc1O. The maximum absolute atomic E-state index is 10.3. The van der Waals surface area contributed by atoms with Crippen LogP contribution in [-0.2, 0) is 6.42 Å². The monoisotopic (exact) mass is 332 g/mol. The van der Waals surface area contributed by atoms with Crippen LogP contribution in [0.2, 0.25) is 0 Å². The highest BCUT2D eigenvalue weighted by molar-refractivity contribution is 5.91. The van der Waals surface area contributed by atoms with E-state index in [4.69, 9.17) is 0 Å². The van der Waals surface area contributed by atoms with Gasteiger partial charge in [-0.2, -0.15) is 0 Å². The standard InChI is InChI=1S/C21H16O4/c22-18-5-1-3-12-10-20(24)14(8-16(12)18)7-15-9-17-13(11-21(15)25)4-2-6-19(17)23/h1-6,8-11,22-25H,7H2. The fourth-order valence-electron chi connectivity index (χ4n) is 3.17. The molecule has 4 N–H and O–H groups in total. The molecule has 4 nitrogen and oxygen atoms in total. The van der Waals surface area contributed by atoms with Crippen molar-refractivity contribution in [1.29, 1.82) is 0 Å². The highest BCUT2D eigenvalue weighted by Gasteiger charge is 2.12. The van der Waals surface area contributed by atoms with Gasteiger partial charge >= 0.3 is 0 Å². The molecular formula is C21H16O4. The number of rotatable bonds is 2. The summed E-state index contributed by atoms with van der Waals surface area (Å²) >= 11 is 0. The van der Waals surface area contributed by atoms with Crippen molar-refractivity contribution < 1.29 is 20.4 Å². The van der Waals surface area contributed by atoms with Crippen LogP contribution in [-0.4, -0.2) is 20.4 Å². The van der Waals surface area contributed by atoms with Crippen molar-refractivity contribution in [2.45, 2.75) is 6.42 Å². The third-order valence-electron chi connectivity index (χ3n) is 4.49. The van der Waals surface area contributed by atoms with Gasteiger partial charge in [0, 0.05) is 17.2 Å². The molecule has 0 aliphatic rings. The van der Waals surface area contributed by atoms with Crippen LogP contribution in [0, 0.1) is 0 Å². The highest BCUT2D eigenvalue weighted by Crippen LogP contribution is 2.35. The summed E-state index contributed by atoms with van der Waals surface area (Å²) in [7, 11) is 0. The van der Waals surface area contributed by atoms with Crippen molar-refractivity contribution in [2.24, 2.45) is 0 Å². The van der Waals surface area contributed by atoms with Gasteiger partial charge in [0.2, 0.25) is 0 Å². The first-order valence-electron chi connectivity index (χ1n) is 7.90. The molecule has 0 fully saturated rings. The minimum Gasteiger partial charge on any atom is -0.508 e. The number of hydrogen-bond acceptors (Lipinski definition) is 4. The Morgan fingerprint density at radius 1 is 0.520 bits per heavy atom. The molecule has 0 saturated carbocycles. The quantitative estimate of drug-likeness (QED) is 0.438. The molecule has 4 rings (SSSR count). The Bertz CT molecular complexity index is 1030. The molecule has 0 bridgehead atoms. The van der Waals surface area contributed by atoms with Gasteiger partial charge in [-0.15, -0.1) is 0 Å². The second kappa shape index (κ2) is 5.60. The molecule has 0 radical (unpaired) electrons. The summed E-state index contributed by atoms with van der Waals surface area (Å²) in [4.78, 5) is 0. The van der Waals surface area contributed by atoms with Crippen molar-refractivity contribution in [1.82, 2.24) is 0 Å². The van der Waals surface area contributed by atoms with E-state index < -0.39 is 0 Å². The third kappa shape index (κ3) is 2.58. The topological polar surface area (TPSA) is 80.9 Å². The van der Waals surface area contributed by atoms with Crippen LogP contribution in [0.25, 0.3) is 21.5 Å². The van der Waals surface area contributed by atoms with E-state index in [9.17, 15) is 20.4 Å². The van der Waals surface area contributed by atoms with E-state index in [1.165, 1.54) is 0 Å². The lowest BCUT2D eigenvalue weighted by molar-refractivity contribution is 0.463. The number of phenols is 4. The summed E-state index contributed by atoms with van der Waals surface area (Å²) in [6.45, 7) is 0. The summed E-state index contributed by atoms with van der Waals surface area (Å²) < 4.78 is 0. The lowest BCUT2D eigenvalue weighted by Gasteiger charge is -2.11. The summed E-state index contributed by atoms with van der Waals surface area (Å²) in [5.74, 6) is 0.461. The summed E-state index contributed by atoms with van der Waals surface area (Å²) in [6.07, 6.45) is 0.270. The maximum atomic E-state index is 10.3. The van der Waals surface area contributed by atoms with Crippen LogP contribution >= 0.6 is 0 Å². The first kappa shape index (κ1) is 15.1. The summed E-state index contributed by atoms with van der Waals surface area (Å²) in [6, 6.07) is 16.9. The Morgan fingerprint density at radius 2 is 0.960 bits per heavy atom.